The van der Waals surface area contributed by atoms with Crippen molar-refractivity contribution in [2.45, 2.75) is 186 Å². The molecule has 626 valence electrons. The van der Waals surface area contributed by atoms with Crippen LogP contribution in [0.5, 0.6) is 0 Å². The molecule has 6 aromatic rings. The Morgan fingerprint density at radius 3 is 1.67 bits per heavy atom. The molecule has 8 rings (SSSR count). The van der Waals surface area contributed by atoms with Crippen LogP contribution in [0.3, 0.4) is 0 Å². The molecule has 0 spiro atoms. The Morgan fingerprint density at radius 1 is 0.560 bits per heavy atom. The fraction of sp³-hybridized carbons (Fsp3) is 0.488. The van der Waals surface area contributed by atoms with Gasteiger partial charge in [-0.1, -0.05) is 161 Å². The molecule has 116 heavy (non-hydrogen) atoms. The average molecular weight is 1680 g/mol. The van der Waals surface area contributed by atoms with Crippen molar-refractivity contribution in [1.29, 1.82) is 0 Å². The number of benzene rings is 5. The zero-order chi connectivity index (χ0) is 85.0. The van der Waals surface area contributed by atoms with E-state index in [1.807, 2.05) is 0 Å². The largest absolute Gasteiger partial charge is 0.394 e. The fourth-order valence-electron chi connectivity index (χ4n) is 15.0. The number of rotatable bonds is 18. The number of carbonyl (C=O) groups is 12. The summed E-state index contributed by atoms with van der Waals surface area (Å²) in [6.07, 6.45) is -2.15. The van der Waals surface area contributed by atoms with Gasteiger partial charge in [-0.25, -0.2) is 8.42 Å². The molecule has 0 radical (unpaired) electrons. The van der Waals surface area contributed by atoms with E-state index in [2.05, 4.69) is 57.7 Å². The smallest absolute Gasteiger partial charge is 0.245 e. The van der Waals surface area contributed by atoms with E-state index < -0.39 is 203 Å². The van der Waals surface area contributed by atoms with Crippen LogP contribution in [-0.2, 0) is 99.5 Å². The lowest BCUT2D eigenvalue weighted by atomic mass is 9.75. The molecule has 5 aromatic carbocycles. The third-order valence-corrected chi connectivity index (χ3v) is 24.1. The van der Waals surface area contributed by atoms with Gasteiger partial charge in [-0.15, -0.1) is 0 Å². The average Bonchev–Trinajstić information content (AvgIpc) is 1.51. The Bertz CT molecular complexity index is 4630. The van der Waals surface area contributed by atoms with Crippen LogP contribution in [0.4, 0.5) is 0 Å². The molecule has 0 bridgehead atoms. The van der Waals surface area contributed by atoms with Crippen LogP contribution in [0.1, 0.15) is 128 Å². The molecule has 9 amide bonds. The van der Waals surface area contributed by atoms with Gasteiger partial charge in [-0.3, -0.25) is 57.5 Å². The van der Waals surface area contributed by atoms with E-state index in [0.29, 0.717) is 58.0 Å². The molecule has 9 N–H and O–H groups in total. The second-order valence-corrected chi connectivity index (χ2v) is 35.7. The van der Waals surface area contributed by atoms with E-state index in [1.165, 1.54) is 38.9 Å². The number of hydrogen-bond donors (Lipinski definition) is 9. The molecule has 2 fully saturated rings. The van der Waals surface area contributed by atoms with Crippen molar-refractivity contribution < 1.29 is 76.2 Å². The third-order valence-electron chi connectivity index (χ3n) is 22.4. The highest BCUT2D eigenvalue weighted by Crippen LogP contribution is 2.35. The second kappa shape index (κ2) is 42.1. The number of aliphatic hydroxyl groups is 2. The summed E-state index contributed by atoms with van der Waals surface area (Å²) in [4.78, 5) is 189. The minimum absolute atomic E-state index is 0.148. The van der Waals surface area contributed by atoms with Crippen molar-refractivity contribution in [3.63, 3.8) is 0 Å². The van der Waals surface area contributed by atoms with Crippen LogP contribution >= 0.6 is 34.8 Å². The molecule has 13 atom stereocenters. The van der Waals surface area contributed by atoms with Gasteiger partial charge >= 0.3 is 0 Å². The zero-order valence-corrected chi connectivity index (χ0v) is 70.4. The Morgan fingerprint density at radius 2 is 1.10 bits per heavy atom. The maximum absolute atomic E-state index is 15.9. The Hall–Kier alpha value is -9.38. The first-order chi connectivity index (χ1) is 54.8. The summed E-state index contributed by atoms with van der Waals surface area (Å²) in [5.74, 6) is -15.7. The van der Waals surface area contributed by atoms with Gasteiger partial charge in [-0.05, 0) is 133 Å². The van der Waals surface area contributed by atoms with Gasteiger partial charge in [0.15, 0.2) is 17.3 Å². The molecule has 0 unspecified atom stereocenters. The highest BCUT2D eigenvalue weighted by molar-refractivity contribution is 7.90. The number of Topliss-reactive ketones (excluding diaryl/α,β-unsaturated/α-hetero) is 3. The third kappa shape index (κ3) is 26.3. The number of ketones is 3. The number of halogens is 3. The van der Waals surface area contributed by atoms with Gasteiger partial charge in [0.2, 0.25) is 53.2 Å². The number of carbonyl (C=O) groups excluding carboxylic acids is 12. The number of fused-ring (bicyclic) bond motifs is 1. The van der Waals surface area contributed by atoms with E-state index >= 15 is 38.4 Å². The minimum atomic E-state index is -3.91. The van der Waals surface area contributed by atoms with Gasteiger partial charge in [-0.2, -0.15) is 0 Å². The van der Waals surface area contributed by atoms with Gasteiger partial charge in [0.1, 0.15) is 46.1 Å². The second-order valence-electron chi connectivity index (χ2n) is 32.1. The van der Waals surface area contributed by atoms with E-state index in [-0.39, 0.29) is 71.6 Å². The number of H-pyrrole nitrogens is 1. The molecular weight excluding hydrogens is 1570 g/mol. The van der Waals surface area contributed by atoms with Crippen LogP contribution < -0.4 is 31.9 Å². The lowest BCUT2D eigenvalue weighted by Gasteiger charge is -2.40. The van der Waals surface area contributed by atoms with E-state index in [4.69, 9.17) is 34.8 Å². The summed E-state index contributed by atoms with van der Waals surface area (Å²) in [6, 6.07) is 22.1. The van der Waals surface area contributed by atoms with Crippen molar-refractivity contribution in [3.05, 3.63) is 176 Å². The number of likely N-dealkylation sites (tertiary alicyclic amines) is 1. The van der Waals surface area contributed by atoms with E-state index in [0.717, 1.165) is 16.1 Å². The Balaban J connectivity index is 1.26. The minimum Gasteiger partial charge on any atom is -0.394 e. The summed E-state index contributed by atoms with van der Waals surface area (Å²) in [5, 5.41) is 40.0. The molecule has 3 heterocycles. The molecule has 2 aliphatic heterocycles. The highest BCUT2D eigenvalue weighted by atomic mass is 35.5. The summed E-state index contributed by atoms with van der Waals surface area (Å²) in [7, 11) is -1.27. The summed E-state index contributed by atoms with van der Waals surface area (Å²) >= 11 is 19.6. The number of aliphatic hydroxyl groups excluding tert-OH is 2. The van der Waals surface area contributed by atoms with Crippen LogP contribution in [0, 0.1) is 35.0 Å². The monoisotopic (exact) mass is 1670 g/mol. The number of nitrogens with one attached hydrogen (secondary N) is 7. The molecule has 0 aliphatic carbocycles. The normalized spacial score (nSPS) is 24.1. The number of aromatic amines is 1. The summed E-state index contributed by atoms with van der Waals surface area (Å²) < 4.78 is 26.4. The number of amides is 9. The first kappa shape index (κ1) is 92.1. The SMILES string of the molecule is CC[C@H](C)[C@@H]1CC(=O)[C@H](CO)NC(=O)C[C@@H](C(=O)N2CCC(C(C)(C)C)CC2)NC(=O)[C@H](Cc2cccc(Cl)c2)NC(=O)[C@H](CCS(C)(=O)=O)CC(=O)[C@H](Cc2ccccc2)N(C)C(=O)[C@H](Cc2cccc(Cl)c2)CC(=O)[C@H](Cc2c[nH]c3ccccc23)NC(=O)[C@H]([C@@H](C)O)NC(=O)[C@H](C)N(C)C(=O)[C@H](Cc2cccc(Cl)c2)NC1=O. The quantitative estimate of drug-likeness (QED) is 0.0402. The number of hydrogen-bond acceptors (Lipinski definition) is 16. The molecule has 2 saturated heterocycles. The lowest BCUT2D eigenvalue weighted by molar-refractivity contribution is -0.144. The van der Waals surface area contributed by atoms with E-state index in [9.17, 15) is 37.8 Å². The molecule has 30 heteroatoms. The zero-order valence-electron chi connectivity index (χ0n) is 67.3. The predicted octanol–water partition coefficient (Wildman–Crippen LogP) is 7.49. The van der Waals surface area contributed by atoms with Gasteiger partial charge in [0.25, 0.3) is 0 Å². The molecule has 2 aliphatic rings. The highest BCUT2D eigenvalue weighted by Gasteiger charge is 2.43. The van der Waals surface area contributed by atoms with Crippen molar-refractivity contribution >= 4 is 126 Å². The number of nitrogens with zero attached hydrogens (tertiary/aromatic N) is 3. The Kier molecular flexibility index (Phi) is 33.5. The maximum atomic E-state index is 15.9. The number of para-hydroxylation sites is 1. The van der Waals surface area contributed by atoms with Gasteiger partial charge in [0.05, 0.1) is 37.0 Å². The number of likely N-dealkylation sites (N-methyl/N-ethyl adjacent to an activating group) is 2. The van der Waals surface area contributed by atoms with Gasteiger partial charge < -0.3 is 61.8 Å². The number of sulfone groups is 1. The topological polar surface area (TPSA) is 377 Å². The molecular formula is C86H109Cl3N10O16S. The fourth-order valence-corrected chi connectivity index (χ4v) is 16.4. The van der Waals surface area contributed by atoms with Crippen LogP contribution in [0.25, 0.3) is 10.9 Å². The maximum Gasteiger partial charge on any atom is 0.245 e. The van der Waals surface area contributed by atoms with Crippen LogP contribution in [-0.4, -0.2) is 209 Å². The molecule has 0 saturated carbocycles. The van der Waals surface area contributed by atoms with E-state index in [1.54, 1.807) is 141 Å². The Labute approximate surface area is 693 Å². The van der Waals surface area contributed by atoms with Gasteiger partial charge in [0, 0.05) is 122 Å². The van der Waals surface area contributed by atoms with Crippen molar-refractivity contribution in [2.75, 3.05) is 45.8 Å². The van der Waals surface area contributed by atoms with Crippen LogP contribution in [0.2, 0.25) is 15.1 Å². The van der Waals surface area contributed by atoms with Crippen molar-refractivity contribution in [1.82, 2.24) is 51.6 Å². The number of aromatic nitrogens is 1. The molecule has 1 aromatic heterocycles. The van der Waals surface area contributed by atoms with Crippen molar-refractivity contribution in [2.24, 2.45) is 35.0 Å². The summed E-state index contributed by atoms with van der Waals surface area (Å²) in [6.45, 7) is 11.7. The molecule has 26 nitrogen and oxygen atoms in total. The predicted molar refractivity (Wildman–Crippen MR) is 443 cm³/mol. The first-order valence-electron chi connectivity index (χ1n) is 39.3. The number of piperidine rings is 1. The summed E-state index contributed by atoms with van der Waals surface area (Å²) in [5.41, 5.74) is 2.95. The standard InChI is InChI=1S/C86H109Cl3N10O16S/c1-11-50(2)65-46-74(103)71(49-100)91-76(105)47-70(85(113)99-33-30-60(31-34-99)86(5,6)7)95-81(109)68(40-55-23-18-26-62(88)38-55)93-79(107)57(32-35-116(10,114)115)44-75(104)72(42-53-20-13-12-14-21-53)98(9)83(111)58(36-54-22-17-25-61(87)37-54)45-73(102)67(43-59-48-90-66-29-16-15-28-64(59)66)92-82(110)77(52(4)101)96-78(106)51(3)97(8)84(112)69(94-80(65)108)41-56-24-19-27-63(89)39-56/h12-29,37-39,48,50-52,57-58,60,65,67-72,77,90,100-101H,11,30-36,40-47,49H2,1-10H3,(H,91,105)(H,92,110)(H,93,107)(H,94,108)(H,95,109)(H,96,106)/t50-,51-,52+,57+,58+,65-,67-,68-,69-,70-,71-,72-,77-/m0/s1. The lowest BCUT2D eigenvalue weighted by Crippen LogP contribution is -2.60. The first-order valence-corrected chi connectivity index (χ1v) is 42.5. The van der Waals surface area contributed by atoms with Crippen molar-refractivity contribution in [3.8, 4) is 0 Å². The van der Waals surface area contributed by atoms with Crippen LogP contribution in [0.15, 0.2) is 134 Å².